The zero-order chi connectivity index (χ0) is 18.4. The summed E-state index contributed by atoms with van der Waals surface area (Å²) in [6.07, 6.45) is -0.338. The summed E-state index contributed by atoms with van der Waals surface area (Å²) in [4.78, 5) is 11.4. The molecule has 0 bridgehead atoms. The number of hydrogen-bond acceptors (Lipinski definition) is 5. The van der Waals surface area contributed by atoms with Crippen LogP contribution in [0.2, 0.25) is 0 Å². The zero-order valence-corrected chi connectivity index (χ0v) is 14.5. The van der Waals surface area contributed by atoms with Gasteiger partial charge in [0.05, 0.1) is 11.2 Å². The van der Waals surface area contributed by atoms with E-state index in [0.717, 1.165) is 0 Å². The van der Waals surface area contributed by atoms with Crippen molar-refractivity contribution in [3.8, 4) is 5.75 Å². The van der Waals surface area contributed by atoms with Crippen molar-refractivity contribution in [3.63, 3.8) is 0 Å². The van der Waals surface area contributed by atoms with Gasteiger partial charge in [0, 0.05) is 12.1 Å². The lowest BCUT2D eigenvalue weighted by atomic mass is 10.2. The van der Waals surface area contributed by atoms with Crippen molar-refractivity contribution in [1.82, 2.24) is 5.32 Å². The van der Waals surface area contributed by atoms with Gasteiger partial charge in [-0.2, -0.15) is 0 Å². The van der Waals surface area contributed by atoms with Crippen LogP contribution in [0, 0.1) is 0 Å². The number of alkyl carbamates (subject to hydrolysis) is 1. The smallest absolute Gasteiger partial charge is 0.407 e. The number of rotatable bonds is 6. The number of carbonyl (C=O) groups excluding carboxylic acids is 1. The molecule has 0 aromatic heterocycles. The molecule has 0 aliphatic carbocycles. The van der Waals surface area contributed by atoms with Gasteiger partial charge < -0.3 is 14.8 Å². The third-order valence-corrected chi connectivity index (χ3v) is 3.52. The predicted molar refractivity (Wildman–Crippen MR) is 86.7 cm³/mol. The predicted octanol–water partition coefficient (Wildman–Crippen LogP) is 2.09. The molecule has 1 amide bonds. The van der Waals surface area contributed by atoms with Gasteiger partial charge in [0.15, 0.2) is 0 Å². The molecule has 0 spiro atoms. The Kier molecular flexibility index (Phi) is 6.73. The van der Waals surface area contributed by atoms with Crippen LogP contribution in [-0.2, 0) is 14.8 Å². The van der Waals surface area contributed by atoms with Gasteiger partial charge in [0.2, 0.25) is 10.0 Å². The third kappa shape index (κ3) is 7.42. The van der Waals surface area contributed by atoms with Gasteiger partial charge >= 0.3 is 6.09 Å². The second-order valence-corrected chi connectivity index (χ2v) is 7.49. The van der Waals surface area contributed by atoms with Gasteiger partial charge in [-0.15, -0.1) is 0 Å². The molecule has 0 aliphatic heterocycles. The Morgan fingerprint density at radius 1 is 1.29 bits per heavy atom. The SMILES string of the molecule is CC(C)(C)OC(=O)NC/C(=C\F)COc1ccc(S(N)(=O)=O)cc1. The van der Waals surface area contributed by atoms with Gasteiger partial charge in [0.25, 0.3) is 0 Å². The quantitative estimate of drug-likeness (QED) is 0.808. The zero-order valence-electron chi connectivity index (χ0n) is 13.7. The Bertz CT molecular complexity index is 694. The number of ether oxygens (including phenoxy) is 2. The minimum atomic E-state index is -3.78. The summed E-state index contributed by atoms with van der Waals surface area (Å²) in [5.74, 6) is 0.332. The van der Waals surface area contributed by atoms with Crippen LogP contribution in [0.3, 0.4) is 0 Å². The molecule has 0 aliphatic rings. The lowest BCUT2D eigenvalue weighted by Gasteiger charge is -2.20. The van der Waals surface area contributed by atoms with Gasteiger partial charge in [-0.1, -0.05) is 0 Å². The normalized spacial score (nSPS) is 12.6. The molecular weight excluding hydrogens is 339 g/mol. The van der Waals surface area contributed by atoms with E-state index >= 15 is 0 Å². The van der Waals surface area contributed by atoms with E-state index in [1.165, 1.54) is 24.3 Å². The second kappa shape index (κ2) is 8.11. The highest BCUT2D eigenvalue weighted by molar-refractivity contribution is 7.89. The van der Waals surface area contributed by atoms with E-state index in [4.69, 9.17) is 14.6 Å². The minimum Gasteiger partial charge on any atom is -0.489 e. The summed E-state index contributed by atoms with van der Waals surface area (Å²) >= 11 is 0. The van der Waals surface area contributed by atoms with Crippen molar-refractivity contribution >= 4 is 16.1 Å². The molecule has 1 rings (SSSR count). The summed E-state index contributed by atoms with van der Waals surface area (Å²) in [6.45, 7) is 4.94. The second-order valence-electron chi connectivity index (χ2n) is 5.93. The molecule has 7 nitrogen and oxygen atoms in total. The maximum atomic E-state index is 12.8. The molecule has 0 saturated carbocycles. The molecule has 134 valence electrons. The molecule has 3 N–H and O–H groups in total. The minimum absolute atomic E-state index is 0.0531. The maximum Gasteiger partial charge on any atom is 0.407 e. The van der Waals surface area contributed by atoms with Crippen molar-refractivity contribution < 1.29 is 27.1 Å². The Balaban J connectivity index is 2.51. The number of nitrogens with two attached hydrogens (primary N) is 1. The van der Waals surface area contributed by atoms with Crippen molar-refractivity contribution in [2.75, 3.05) is 13.2 Å². The van der Waals surface area contributed by atoms with Crippen LogP contribution < -0.4 is 15.2 Å². The highest BCUT2D eigenvalue weighted by Gasteiger charge is 2.16. The van der Waals surface area contributed by atoms with E-state index in [1.54, 1.807) is 20.8 Å². The summed E-state index contributed by atoms with van der Waals surface area (Å²) in [6, 6.07) is 5.36. The van der Waals surface area contributed by atoms with Crippen molar-refractivity contribution in [2.45, 2.75) is 31.3 Å². The van der Waals surface area contributed by atoms with E-state index in [-0.39, 0.29) is 23.6 Å². The highest BCUT2D eigenvalue weighted by Crippen LogP contribution is 2.15. The van der Waals surface area contributed by atoms with Gasteiger partial charge in [-0.25, -0.2) is 22.7 Å². The molecule has 0 radical (unpaired) electrons. The maximum absolute atomic E-state index is 12.8. The van der Waals surface area contributed by atoms with Crippen LogP contribution in [0.15, 0.2) is 41.1 Å². The van der Waals surface area contributed by atoms with E-state index in [9.17, 15) is 17.6 Å². The molecule has 24 heavy (non-hydrogen) atoms. The summed E-state index contributed by atoms with van der Waals surface area (Å²) in [5, 5.41) is 7.39. The van der Waals surface area contributed by atoms with Gasteiger partial charge in [0.1, 0.15) is 18.0 Å². The van der Waals surface area contributed by atoms with E-state index in [1.807, 2.05) is 0 Å². The first kappa shape index (κ1) is 19.9. The number of nitrogens with one attached hydrogen (secondary N) is 1. The topological polar surface area (TPSA) is 108 Å². The number of amides is 1. The van der Waals surface area contributed by atoms with Crippen molar-refractivity contribution in [3.05, 3.63) is 36.2 Å². The number of hydrogen-bond donors (Lipinski definition) is 2. The highest BCUT2D eigenvalue weighted by atomic mass is 32.2. The van der Waals surface area contributed by atoms with Crippen LogP contribution >= 0.6 is 0 Å². The molecule has 1 aromatic carbocycles. The Morgan fingerprint density at radius 2 is 1.88 bits per heavy atom. The van der Waals surface area contributed by atoms with E-state index in [2.05, 4.69) is 5.32 Å². The number of sulfonamides is 1. The van der Waals surface area contributed by atoms with E-state index in [0.29, 0.717) is 12.1 Å². The van der Waals surface area contributed by atoms with Crippen LogP contribution in [0.5, 0.6) is 5.75 Å². The van der Waals surface area contributed by atoms with Crippen LogP contribution in [0.25, 0.3) is 0 Å². The number of primary sulfonamides is 1. The molecular formula is C15H21FN2O5S. The third-order valence-electron chi connectivity index (χ3n) is 2.59. The number of benzene rings is 1. The molecule has 9 heteroatoms. The largest absolute Gasteiger partial charge is 0.489 e. The standard InChI is InChI=1S/C15H21FN2O5S/c1-15(2,3)23-14(19)18-9-11(8-16)10-22-12-4-6-13(7-5-12)24(17,20)21/h4-8H,9-10H2,1-3H3,(H,18,19)(H2,17,20,21)/b11-8+. The molecule has 0 atom stereocenters. The van der Waals surface area contributed by atoms with Gasteiger partial charge in [-0.05, 0) is 45.0 Å². The lowest BCUT2D eigenvalue weighted by Crippen LogP contribution is -2.34. The van der Waals surface area contributed by atoms with Gasteiger partial charge in [-0.3, -0.25) is 0 Å². The summed E-state index contributed by atoms with van der Waals surface area (Å²) in [7, 11) is -3.78. The van der Waals surface area contributed by atoms with Crippen LogP contribution in [-0.4, -0.2) is 33.3 Å². The Hall–Kier alpha value is -2.13. The average molecular weight is 360 g/mol. The number of carbonyl (C=O) groups is 1. The molecule has 1 aromatic rings. The fourth-order valence-electron chi connectivity index (χ4n) is 1.52. The number of halogens is 1. The summed E-state index contributed by atoms with van der Waals surface area (Å²) < 4.78 is 45.5. The average Bonchev–Trinajstić information content (AvgIpc) is 2.45. The molecule has 0 fully saturated rings. The van der Waals surface area contributed by atoms with Crippen LogP contribution in [0.1, 0.15) is 20.8 Å². The van der Waals surface area contributed by atoms with Crippen molar-refractivity contribution in [1.29, 1.82) is 0 Å². The molecule has 0 saturated heterocycles. The molecule has 0 unspecified atom stereocenters. The van der Waals surface area contributed by atoms with E-state index < -0.39 is 21.7 Å². The van der Waals surface area contributed by atoms with Crippen molar-refractivity contribution in [2.24, 2.45) is 5.14 Å². The summed E-state index contributed by atoms with van der Waals surface area (Å²) in [5.41, 5.74) is -0.470. The fraction of sp³-hybridized carbons (Fsp3) is 0.400. The fourth-order valence-corrected chi connectivity index (χ4v) is 2.04. The Labute approximate surface area is 140 Å². The molecule has 0 heterocycles. The first-order valence-electron chi connectivity index (χ1n) is 7.02. The first-order chi connectivity index (χ1) is 11.0. The monoisotopic (exact) mass is 360 g/mol. The first-order valence-corrected chi connectivity index (χ1v) is 8.56. The lowest BCUT2D eigenvalue weighted by molar-refractivity contribution is 0.0531. The van der Waals surface area contributed by atoms with Crippen LogP contribution in [0.4, 0.5) is 9.18 Å². The Morgan fingerprint density at radius 3 is 2.33 bits per heavy atom.